The van der Waals surface area contributed by atoms with E-state index in [9.17, 15) is 9.59 Å². The lowest BCUT2D eigenvalue weighted by Crippen LogP contribution is -2.31. The summed E-state index contributed by atoms with van der Waals surface area (Å²) in [6, 6.07) is 7.48. The van der Waals surface area contributed by atoms with Crippen LogP contribution >= 0.6 is 15.9 Å². The lowest BCUT2D eigenvalue weighted by Gasteiger charge is -2.15. The molecule has 0 aliphatic rings. The monoisotopic (exact) mass is 387 g/mol. The molecular formula is C18H18BrN3O2. The minimum atomic E-state index is -0.436. The smallest absolute Gasteiger partial charge is 0.269 e. The maximum absolute atomic E-state index is 12.4. The molecule has 2 rings (SSSR count). The van der Waals surface area contributed by atoms with Gasteiger partial charge < -0.3 is 9.88 Å². The summed E-state index contributed by atoms with van der Waals surface area (Å²) in [4.78, 5) is 24.8. The van der Waals surface area contributed by atoms with Gasteiger partial charge in [-0.1, -0.05) is 15.9 Å². The van der Waals surface area contributed by atoms with Crippen LogP contribution in [0.2, 0.25) is 0 Å². The van der Waals surface area contributed by atoms with Gasteiger partial charge in [0.1, 0.15) is 18.2 Å². The largest absolute Gasteiger partial charge is 0.324 e. The second-order valence-corrected chi connectivity index (χ2v) is 6.73. The first-order valence-electron chi connectivity index (χ1n) is 7.42. The summed E-state index contributed by atoms with van der Waals surface area (Å²) in [6.45, 7) is 7.15. The third kappa shape index (κ3) is 3.57. The zero-order chi connectivity index (χ0) is 18.0. The molecule has 0 atom stereocenters. The Kier molecular flexibility index (Phi) is 5.25. The number of nitrogens with zero attached hydrogens (tertiary/aromatic N) is 2. The predicted octanol–water partition coefficient (Wildman–Crippen LogP) is 3.35. The number of anilines is 1. The number of pyridine rings is 1. The van der Waals surface area contributed by atoms with E-state index in [0.717, 1.165) is 21.3 Å². The zero-order valence-electron chi connectivity index (χ0n) is 14.0. The van der Waals surface area contributed by atoms with Crippen LogP contribution in [0.5, 0.6) is 0 Å². The fraction of sp³-hybridized carbons (Fsp3) is 0.278. The van der Waals surface area contributed by atoms with Gasteiger partial charge in [-0.15, -0.1) is 0 Å². The van der Waals surface area contributed by atoms with E-state index in [2.05, 4.69) is 21.2 Å². The molecule has 1 aromatic carbocycles. The Labute approximate surface area is 149 Å². The van der Waals surface area contributed by atoms with Gasteiger partial charge in [0.05, 0.1) is 0 Å². The molecule has 0 bridgehead atoms. The molecule has 0 fully saturated rings. The average Bonchev–Trinajstić information content (AvgIpc) is 2.47. The molecule has 0 aliphatic carbocycles. The normalized spacial score (nSPS) is 10.3. The summed E-state index contributed by atoms with van der Waals surface area (Å²) in [5.74, 6) is -0.304. The van der Waals surface area contributed by atoms with Gasteiger partial charge in [0, 0.05) is 15.9 Å². The fourth-order valence-electron chi connectivity index (χ4n) is 2.69. The lowest BCUT2D eigenvalue weighted by atomic mass is 10.1. The molecule has 0 unspecified atom stereocenters. The molecule has 0 aliphatic heterocycles. The highest BCUT2D eigenvalue weighted by atomic mass is 79.9. The van der Waals surface area contributed by atoms with Gasteiger partial charge in [-0.05, 0) is 62.6 Å². The quantitative estimate of drug-likeness (QED) is 0.876. The van der Waals surface area contributed by atoms with Gasteiger partial charge in [0.2, 0.25) is 5.91 Å². The second kappa shape index (κ2) is 7.02. The van der Waals surface area contributed by atoms with Gasteiger partial charge in [0.15, 0.2) is 0 Å². The Morgan fingerprint density at radius 1 is 1.17 bits per heavy atom. The Hall–Kier alpha value is -2.39. The summed E-state index contributed by atoms with van der Waals surface area (Å²) in [6.07, 6.45) is 0. The predicted molar refractivity (Wildman–Crippen MR) is 97.1 cm³/mol. The van der Waals surface area contributed by atoms with Crippen LogP contribution in [0.1, 0.15) is 27.9 Å². The van der Waals surface area contributed by atoms with Crippen molar-refractivity contribution in [2.24, 2.45) is 0 Å². The van der Waals surface area contributed by atoms with Gasteiger partial charge in [-0.2, -0.15) is 5.26 Å². The Morgan fingerprint density at radius 3 is 2.29 bits per heavy atom. The van der Waals surface area contributed by atoms with Crippen LogP contribution in [-0.4, -0.2) is 10.5 Å². The second-order valence-electron chi connectivity index (χ2n) is 5.81. The van der Waals surface area contributed by atoms with Gasteiger partial charge in [-0.25, -0.2) is 0 Å². The number of halogens is 1. The molecular weight excluding hydrogens is 370 g/mol. The number of nitrogens with one attached hydrogen (secondary N) is 1. The molecule has 0 spiro atoms. The van der Waals surface area contributed by atoms with Crippen molar-refractivity contribution < 1.29 is 4.79 Å². The molecule has 1 heterocycles. The number of nitriles is 1. The van der Waals surface area contributed by atoms with E-state index in [0.29, 0.717) is 11.3 Å². The number of aromatic nitrogens is 1. The van der Waals surface area contributed by atoms with Crippen LogP contribution < -0.4 is 10.9 Å². The van der Waals surface area contributed by atoms with Crippen molar-refractivity contribution >= 4 is 27.5 Å². The maximum atomic E-state index is 12.4. The highest BCUT2D eigenvalue weighted by Crippen LogP contribution is 2.25. The minimum absolute atomic E-state index is 0.0735. The maximum Gasteiger partial charge on any atom is 0.269 e. The summed E-state index contributed by atoms with van der Waals surface area (Å²) in [5.41, 5.74) is 3.51. The molecule has 0 saturated heterocycles. The third-order valence-electron chi connectivity index (χ3n) is 3.88. The Balaban J connectivity index is 2.33. The number of aryl methyl sites for hydroxylation is 4. The molecule has 2 aromatic rings. The van der Waals surface area contributed by atoms with Crippen molar-refractivity contribution in [1.29, 1.82) is 5.26 Å². The lowest BCUT2D eigenvalue weighted by molar-refractivity contribution is -0.116. The minimum Gasteiger partial charge on any atom is -0.324 e. The van der Waals surface area contributed by atoms with E-state index in [1.165, 1.54) is 4.57 Å². The number of rotatable bonds is 3. The molecule has 1 N–H and O–H groups in total. The standard InChI is InChI=1S/C18H18BrN3O2/c1-10-5-13(4)22(18(24)15(10)8-20)9-16(23)21-17-11(2)6-14(19)7-12(17)3/h5-7H,9H2,1-4H3,(H,21,23). The average molecular weight is 388 g/mol. The van der Waals surface area contributed by atoms with Crippen molar-refractivity contribution in [3.05, 3.63) is 61.0 Å². The van der Waals surface area contributed by atoms with Crippen LogP contribution in [-0.2, 0) is 11.3 Å². The van der Waals surface area contributed by atoms with Crippen LogP contribution in [0.25, 0.3) is 0 Å². The first-order chi connectivity index (χ1) is 11.2. The van der Waals surface area contributed by atoms with Crippen molar-refractivity contribution in [2.75, 3.05) is 5.32 Å². The SMILES string of the molecule is Cc1cc(Br)cc(C)c1NC(=O)Cn1c(C)cc(C)c(C#N)c1=O. The number of amides is 1. The van der Waals surface area contributed by atoms with Gasteiger partial charge >= 0.3 is 0 Å². The van der Waals surface area contributed by atoms with Crippen LogP contribution in [0, 0.1) is 39.0 Å². The Morgan fingerprint density at radius 2 is 1.75 bits per heavy atom. The van der Waals surface area contributed by atoms with E-state index < -0.39 is 5.56 Å². The third-order valence-corrected chi connectivity index (χ3v) is 4.34. The molecule has 0 saturated carbocycles. The van der Waals surface area contributed by atoms with Crippen molar-refractivity contribution in [1.82, 2.24) is 4.57 Å². The van der Waals surface area contributed by atoms with Crippen LogP contribution in [0.15, 0.2) is 27.5 Å². The number of carbonyl (C=O) groups excluding carboxylic acids is 1. The topological polar surface area (TPSA) is 74.9 Å². The van der Waals surface area contributed by atoms with E-state index in [-0.39, 0.29) is 18.0 Å². The molecule has 1 aromatic heterocycles. The van der Waals surface area contributed by atoms with Crippen LogP contribution in [0.4, 0.5) is 5.69 Å². The van der Waals surface area contributed by atoms with E-state index >= 15 is 0 Å². The number of hydrogen-bond donors (Lipinski definition) is 1. The van der Waals surface area contributed by atoms with E-state index in [1.54, 1.807) is 19.9 Å². The van der Waals surface area contributed by atoms with Crippen molar-refractivity contribution in [3.8, 4) is 6.07 Å². The molecule has 6 heteroatoms. The fourth-order valence-corrected chi connectivity index (χ4v) is 3.38. The van der Waals surface area contributed by atoms with Gasteiger partial charge in [-0.3, -0.25) is 9.59 Å². The first-order valence-corrected chi connectivity index (χ1v) is 8.21. The van der Waals surface area contributed by atoms with Gasteiger partial charge in [0.25, 0.3) is 5.56 Å². The molecule has 5 nitrogen and oxygen atoms in total. The first kappa shape index (κ1) is 18.0. The molecule has 24 heavy (non-hydrogen) atoms. The van der Waals surface area contributed by atoms with Crippen molar-refractivity contribution in [3.63, 3.8) is 0 Å². The zero-order valence-corrected chi connectivity index (χ0v) is 15.6. The molecule has 124 valence electrons. The molecule has 1 amide bonds. The summed E-state index contributed by atoms with van der Waals surface area (Å²) in [7, 11) is 0. The highest BCUT2D eigenvalue weighted by molar-refractivity contribution is 9.10. The summed E-state index contributed by atoms with van der Waals surface area (Å²) >= 11 is 3.42. The summed E-state index contributed by atoms with van der Waals surface area (Å²) in [5, 5.41) is 12.0. The number of hydrogen-bond acceptors (Lipinski definition) is 3. The Bertz CT molecular complexity index is 900. The van der Waals surface area contributed by atoms with Crippen LogP contribution in [0.3, 0.4) is 0 Å². The van der Waals surface area contributed by atoms with E-state index in [1.807, 2.05) is 32.0 Å². The molecule has 0 radical (unpaired) electrons. The van der Waals surface area contributed by atoms with Crippen molar-refractivity contribution in [2.45, 2.75) is 34.2 Å². The number of carbonyl (C=O) groups is 1. The number of benzene rings is 1. The highest BCUT2D eigenvalue weighted by Gasteiger charge is 2.14. The van der Waals surface area contributed by atoms with E-state index in [4.69, 9.17) is 5.26 Å². The summed E-state index contributed by atoms with van der Waals surface area (Å²) < 4.78 is 2.27.